The summed E-state index contributed by atoms with van der Waals surface area (Å²) in [6.45, 7) is 0. The van der Waals surface area contributed by atoms with Crippen LogP contribution in [0.1, 0.15) is 6.42 Å². The van der Waals surface area contributed by atoms with Gasteiger partial charge < -0.3 is 19.5 Å². The van der Waals surface area contributed by atoms with Gasteiger partial charge in [-0.05, 0) is 13.1 Å². The van der Waals surface area contributed by atoms with E-state index in [9.17, 15) is 4.79 Å². The molecule has 0 amide bonds. The molecule has 1 aliphatic rings. The maximum Gasteiger partial charge on any atom is 0.330 e. The van der Waals surface area contributed by atoms with Crippen molar-refractivity contribution in [3.8, 4) is 0 Å². The summed E-state index contributed by atoms with van der Waals surface area (Å²) in [5, 5.41) is 2.94. The average molecular weight is 227 g/mol. The Bertz CT molecular complexity index is 335. The van der Waals surface area contributed by atoms with E-state index in [1.165, 1.54) is 7.11 Å². The minimum absolute atomic E-state index is 0.368. The van der Waals surface area contributed by atoms with E-state index in [2.05, 4.69) is 5.32 Å². The van der Waals surface area contributed by atoms with E-state index in [0.717, 1.165) is 0 Å². The van der Waals surface area contributed by atoms with Crippen LogP contribution in [0.3, 0.4) is 0 Å². The van der Waals surface area contributed by atoms with Gasteiger partial charge in [0.05, 0.1) is 21.3 Å². The number of ether oxygens (including phenoxy) is 3. The van der Waals surface area contributed by atoms with Crippen LogP contribution in [0.25, 0.3) is 0 Å². The molecule has 0 radical (unpaired) electrons. The molecule has 0 aromatic heterocycles. The predicted octanol–water partition coefficient (Wildman–Crippen LogP) is 0.582. The molecule has 0 spiro atoms. The van der Waals surface area contributed by atoms with Crippen molar-refractivity contribution < 1.29 is 19.0 Å². The predicted molar refractivity (Wildman–Crippen MR) is 58.6 cm³/mol. The summed E-state index contributed by atoms with van der Waals surface area (Å²) in [4.78, 5) is 11.8. The van der Waals surface area contributed by atoms with Crippen molar-refractivity contribution in [3.05, 3.63) is 23.7 Å². The Morgan fingerprint density at radius 3 is 2.50 bits per heavy atom. The normalized spacial score (nSPS) is 24.2. The summed E-state index contributed by atoms with van der Waals surface area (Å²) >= 11 is 0. The van der Waals surface area contributed by atoms with E-state index >= 15 is 0 Å². The maximum atomic E-state index is 11.8. The Morgan fingerprint density at radius 1 is 1.38 bits per heavy atom. The van der Waals surface area contributed by atoms with Crippen molar-refractivity contribution in [2.45, 2.75) is 12.0 Å². The fraction of sp³-hybridized carbons (Fsp3) is 0.545. The Kier molecular flexibility index (Phi) is 3.95. The summed E-state index contributed by atoms with van der Waals surface area (Å²) < 4.78 is 15.1. The van der Waals surface area contributed by atoms with Crippen molar-refractivity contribution in [2.75, 3.05) is 28.4 Å². The molecular formula is C11H17NO4. The van der Waals surface area contributed by atoms with Crippen LogP contribution in [-0.2, 0) is 19.0 Å². The molecule has 16 heavy (non-hydrogen) atoms. The van der Waals surface area contributed by atoms with Crippen molar-refractivity contribution in [3.63, 3.8) is 0 Å². The minimum atomic E-state index is -0.916. The quantitative estimate of drug-likeness (QED) is 0.712. The fourth-order valence-electron chi connectivity index (χ4n) is 1.64. The van der Waals surface area contributed by atoms with E-state index in [-0.39, 0.29) is 5.97 Å². The zero-order chi connectivity index (χ0) is 12.2. The van der Waals surface area contributed by atoms with E-state index < -0.39 is 5.54 Å². The average Bonchev–Trinajstić information content (AvgIpc) is 2.36. The molecule has 5 nitrogen and oxygen atoms in total. The van der Waals surface area contributed by atoms with E-state index in [1.54, 1.807) is 33.4 Å². The topological polar surface area (TPSA) is 56.8 Å². The molecular weight excluding hydrogens is 210 g/mol. The number of nitrogens with one attached hydrogen (secondary N) is 1. The van der Waals surface area contributed by atoms with Crippen LogP contribution in [0.2, 0.25) is 0 Å². The van der Waals surface area contributed by atoms with Gasteiger partial charge >= 0.3 is 5.97 Å². The number of esters is 1. The van der Waals surface area contributed by atoms with Gasteiger partial charge in [-0.2, -0.15) is 0 Å². The molecule has 0 bridgehead atoms. The van der Waals surface area contributed by atoms with Crippen molar-refractivity contribution in [1.29, 1.82) is 0 Å². The van der Waals surface area contributed by atoms with Crippen molar-refractivity contribution in [2.24, 2.45) is 0 Å². The number of carbonyl (C=O) groups excluding carboxylic acids is 1. The van der Waals surface area contributed by atoms with Crippen LogP contribution < -0.4 is 5.32 Å². The van der Waals surface area contributed by atoms with Crippen LogP contribution in [-0.4, -0.2) is 39.9 Å². The van der Waals surface area contributed by atoms with Gasteiger partial charge in [0.25, 0.3) is 0 Å². The van der Waals surface area contributed by atoms with Gasteiger partial charge in [-0.25, -0.2) is 4.79 Å². The van der Waals surface area contributed by atoms with E-state index in [1.807, 2.05) is 0 Å². The van der Waals surface area contributed by atoms with Gasteiger partial charge in [0, 0.05) is 12.5 Å². The van der Waals surface area contributed by atoms with Gasteiger partial charge in [-0.1, -0.05) is 0 Å². The lowest BCUT2D eigenvalue weighted by atomic mass is 9.89. The second-order valence-electron chi connectivity index (χ2n) is 3.46. The summed E-state index contributed by atoms with van der Waals surface area (Å²) in [5.41, 5.74) is -0.916. The smallest absolute Gasteiger partial charge is 0.330 e. The summed E-state index contributed by atoms with van der Waals surface area (Å²) in [6.07, 6.45) is 3.85. The lowest BCUT2D eigenvalue weighted by Crippen LogP contribution is -2.51. The van der Waals surface area contributed by atoms with Gasteiger partial charge in [0.15, 0.2) is 0 Å². The monoisotopic (exact) mass is 227 g/mol. The molecule has 5 heteroatoms. The molecule has 1 N–H and O–H groups in total. The molecule has 0 saturated carbocycles. The molecule has 90 valence electrons. The number of allylic oxidation sites excluding steroid dienone is 1. The molecule has 1 rings (SSSR count). The number of hydrogen-bond donors (Lipinski definition) is 1. The Hall–Kier alpha value is -1.49. The first kappa shape index (κ1) is 12.6. The minimum Gasteiger partial charge on any atom is -0.501 e. The Labute approximate surface area is 95.1 Å². The SMILES string of the molecule is CNC1(C(=O)OC)C=C(OC)C=C(OC)C1. The van der Waals surface area contributed by atoms with Crippen LogP contribution in [0.15, 0.2) is 23.7 Å². The van der Waals surface area contributed by atoms with Gasteiger partial charge in [0.2, 0.25) is 0 Å². The largest absolute Gasteiger partial charge is 0.501 e. The van der Waals surface area contributed by atoms with Gasteiger partial charge in [0.1, 0.15) is 17.1 Å². The molecule has 0 saturated heterocycles. The first-order chi connectivity index (χ1) is 7.61. The number of rotatable bonds is 4. The third-order valence-electron chi connectivity index (χ3n) is 2.64. The van der Waals surface area contributed by atoms with E-state index in [0.29, 0.717) is 17.9 Å². The van der Waals surface area contributed by atoms with Crippen LogP contribution >= 0.6 is 0 Å². The molecule has 0 heterocycles. The fourth-order valence-corrected chi connectivity index (χ4v) is 1.64. The highest BCUT2D eigenvalue weighted by Crippen LogP contribution is 2.28. The zero-order valence-electron chi connectivity index (χ0n) is 9.99. The highest BCUT2D eigenvalue weighted by atomic mass is 16.5. The second kappa shape index (κ2) is 5.03. The third-order valence-corrected chi connectivity index (χ3v) is 2.64. The molecule has 0 aliphatic heterocycles. The van der Waals surface area contributed by atoms with Crippen LogP contribution in [0.5, 0.6) is 0 Å². The zero-order valence-corrected chi connectivity index (χ0v) is 9.99. The molecule has 1 atom stereocenters. The number of methoxy groups -OCH3 is 3. The molecule has 0 fully saturated rings. The number of hydrogen-bond acceptors (Lipinski definition) is 5. The molecule has 1 unspecified atom stereocenters. The molecule has 0 aromatic rings. The Morgan fingerprint density at radius 2 is 2.06 bits per heavy atom. The summed E-state index contributed by atoms with van der Waals surface area (Å²) in [5.74, 6) is 0.870. The maximum absolute atomic E-state index is 11.8. The van der Waals surface area contributed by atoms with Crippen molar-refractivity contribution in [1.82, 2.24) is 5.32 Å². The van der Waals surface area contributed by atoms with Gasteiger partial charge in [-0.15, -0.1) is 0 Å². The Balaban J connectivity index is 3.09. The van der Waals surface area contributed by atoms with Crippen LogP contribution in [0.4, 0.5) is 0 Å². The first-order valence-electron chi connectivity index (χ1n) is 4.90. The van der Waals surface area contributed by atoms with Gasteiger partial charge in [-0.3, -0.25) is 0 Å². The van der Waals surface area contributed by atoms with Crippen molar-refractivity contribution >= 4 is 5.97 Å². The highest BCUT2D eigenvalue weighted by Gasteiger charge is 2.40. The number of likely N-dealkylation sites (N-methyl/N-ethyl adjacent to an activating group) is 1. The lowest BCUT2D eigenvalue weighted by Gasteiger charge is -2.31. The highest BCUT2D eigenvalue weighted by molar-refractivity contribution is 5.84. The first-order valence-corrected chi connectivity index (χ1v) is 4.90. The molecule has 0 aromatic carbocycles. The molecule has 1 aliphatic carbocycles. The van der Waals surface area contributed by atoms with Crippen LogP contribution in [0, 0.1) is 0 Å². The number of carbonyl (C=O) groups is 1. The third kappa shape index (κ3) is 2.19. The van der Waals surface area contributed by atoms with E-state index in [4.69, 9.17) is 14.2 Å². The lowest BCUT2D eigenvalue weighted by molar-refractivity contribution is -0.146. The standard InChI is InChI=1S/C11H17NO4/c1-12-11(10(13)16-4)6-8(14-2)5-9(7-11)15-3/h5-6,12H,7H2,1-4H3. The second-order valence-corrected chi connectivity index (χ2v) is 3.46. The summed E-state index contributed by atoms with van der Waals surface area (Å²) in [7, 11) is 6.15. The summed E-state index contributed by atoms with van der Waals surface area (Å²) in [6, 6.07) is 0.